The summed E-state index contributed by atoms with van der Waals surface area (Å²) in [6.45, 7) is 0. The van der Waals surface area contributed by atoms with Gasteiger partial charge in [-0.3, -0.25) is 4.79 Å². The molecule has 0 aliphatic carbocycles. The van der Waals surface area contributed by atoms with Gasteiger partial charge in [0.25, 0.3) is 0 Å². The zero-order valence-electron chi connectivity index (χ0n) is 16.1. The van der Waals surface area contributed by atoms with Crippen molar-refractivity contribution in [2.45, 2.75) is 0 Å². The lowest BCUT2D eigenvalue weighted by Crippen LogP contribution is -2.08. The highest BCUT2D eigenvalue weighted by molar-refractivity contribution is 6.06. The van der Waals surface area contributed by atoms with Crippen LogP contribution in [0.4, 0.5) is 0 Å². The predicted molar refractivity (Wildman–Crippen MR) is 111 cm³/mol. The number of allylic oxidation sites excluding steroid dienone is 1. The Labute approximate surface area is 169 Å². The van der Waals surface area contributed by atoms with Crippen LogP contribution in [-0.4, -0.2) is 26.0 Å². The highest BCUT2D eigenvalue weighted by atomic mass is 16.5. The topological polar surface area (TPSA) is 61.8 Å². The van der Waals surface area contributed by atoms with Crippen LogP contribution in [-0.2, 0) is 0 Å². The summed E-state index contributed by atoms with van der Waals surface area (Å²) in [6, 6.07) is 20.5. The molecule has 0 N–H and O–H groups in total. The fourth-order valence-corrected chi connectivity index (χ4v) is 2.56. The fourth-order valence-electron chi connectivity index (χ4n) is 2.56. The lowest BCUT2D eigenvalue weighted by atomic mass is 10.1. The number of hydrogen-bond donors (Lipinski definition) is 0. The van der Waals surface area contributed by atoms with Crippen LogP contribution >= 0.6 is 0 Å². The third-order valence-electron chi connectivity index (χ3n) is 4.22. The van der Waals surface area contributed by atoms with E-state index in [2.05, 4.69) is 0 Å². The van der Waals surface area contributed by atoms with Crippen molar-refractivity contribution in [3.05, 3.63) is 95.6 Å². The molecule has 3 rings (SSSR count). The van der Waals surface area contributed by atoms with Crippen LogP contribution in [0.3, 0.4) is 0 Å². The van der Waals surface area contributed by atoms with Crippen molar-refractivity contribution in [2.24, 2.45) is 0 Å². The molecule has 3 aromatic carbocycles. The van der Waals surface area contributed by atoms with Crippen LogP contribution in [0.15, 0.2) is 78.9 Å². The summed E-state index contributed by atoms with van der Waals surface area (Å²) in [5.74, 6) is 1.23. The quantitative estimate of drug-likeness (QED) is 0.251. The van der Waals surface area contributed by atoms with Gasteiger partial charge >= 0.3 is 5.97 Å². The molecular formula is C24H20O5. The highest BCUT2D eigenvalue weighted by Crippen LogP contribution is 2.18. The molecule has 0 aromatic heterocycles. The van der Waals surface area contributed by atoms with E-state index < -0.39 is 5.97 Å². The van der Waals surface area contributed by atoms with Crippen molar-refractivity contribution < 1.29 is 23.8 Å². The average Bonchev–Trinajstić information content (AvgIpc) is 2.78. The van der Waals surface area contributed by atoms with Crippen molar-refractivity contribution >= 4 is 17.8 Å². The van der Waals surface area contributed by atoms with Crippen molar-refractivity contribution in [2.75, 3.05) is 14.2 Å². The maximum Gasteiger partial charge on any atom is 0.343 e. The molecule has 0 radical (unpaired) electrons. The third kappa shape index (κ3) is 5.32. The number of esters is 1. The number of methoxy groups -OCH3 is 2. The lowest BCUT2D eigenvalue weighted by molar-refractivity contribution is 0.0734. The number of carbonyl (C=O) groups excluding carboxylic acids is 2. The number of ketones is 1. The molecule has 0 amide bonds. The summed E-state index contributed by atoms with van der Waals surface area (Å²) in [5, 5.41) is 0. The van der Waals surface area contributed by atoms with Crippen LogP contribution in [0.1, 0.15) is 26.3 Å². The Bertz CT molecular complexity index is 1000. The van der Waals surface area contributed by atoms with E-state index in [0.29, 0.717) is 28.4 Å². The fraction of sp³-hybridized carbons (Fsp3) is 0.0833. The molecule has 5 heteroatoms. The summed E-state index contributed by atoms with van der Waals surface area (Å²) in [6.07, 6.45) is 3.21. The van der Waals surface area contributed by atoms with Crippen LogP contribution < -0.4 is 14.2 Å². The summed E-state index contributed by atoms with van der Waals surface area (Å²) >= 11 is 0. The number of hydrogen-bond acceptors (Lipinski definition) is 5. The lowest BCUT2D eigenvalue weighted by Gasteiger charge is -2.05. The molecule has 0 unspecified atom stereocenters. The van der Waals surface area contributed by atoms with E-state index in [1.807, 2.05) is 0 Å². The van der Waals surface area contributed by atoms with E-state index in [1.165, 1.54) is 6.08 Å². The molecule has 0 aliphatic heterocycles. The van der Waals surface area contributed by atoms with Gasteiger partial charge in [-0.25, -0.2) is 4.79 Å². The minimum absolute atomic E-state index is 0.109. The average molecular weight is 388 g/mol. The van der Waals surface area contributed by atoms with Gasteiger partial charge in [0.1, 0.15) is 17.2 Å². The normalized spacial score (nSPS) is 10.6. The largest absolute Gasteiger partial charge is 0.497 e. The molecule has 0 aliphatic rings. The predicted octanol–water partition coefficient (Wildman–Crippen LogP) is 4.82. The van der Waals surface area contributed by atoms with Crippen molar-refractivity contribution in [1.82, 2.24) is 0 Å². The van der Waals surface area contributed by atoms with Gasteiger partial charge < -0.3 is 14.2 Å². The van der Waals surface area contributed by atoms with Crippen LogP contribution in [0.25, 0.3) is 6.08 Å². The summed E-state index contributed by atoms with van der Waals surface area (Å²) in [4.78, 5) is 24.4. The Morgan fingerprint density at radius 3 is 1.66 bits per heavy atom. The first-order chi connectivity index (χ1) is 14.1. The zero-order valence-corrected chi connectivity index (χ0v) is 16.1. The maximum absolute atomic E-state index is 12.2. The summed E-state index contributed by atoms with van der Waals surface area (Å²) < 4.78 is 15.5. The molecule has 0 saturated carbocycles. The minimum Gasteiger partial charge on any atom is -0.497 e. The molecule has 0 heterocycles. The van der Waals surface area contributed by atoms with Gasteiger partial charge in [0.15, 0.2) is 5.78 Å². The van der Waals surface area contributed by atoms with E-state index in [9.17, 15) is 9.59 Å². The molecule has 0 fully saturated rings. The first kappa shape index (κ1) is 19.9. The second-order valence-electron chi connectivity index (χ2n) is 6.11. The zero-order chi connectivity index (χ0) is 20.6. The van der Waals surface area contributed by atoms with E-state index >= 15 is 0 Å². The standard InChI is InChI=1S/C24H20O5/c1-27-20-12-6-18(7-13-20)23(25)16-5-17-3-10-22(11-4-17)29-24(26)19-8-14-21(28-2)15-9-19/h3-16H,1-2H3/b16-5+. The van der Waals surface area contributed by atoms with Gasteiger partial charge in [-0.05, 0) is 72.3 Å². The number of benzene rings is 3. The van der Waals surface area contributed by atoms with E-state index in [-0.39, 0.29) is 5.78 Å². The Balaban J connectivity index is 1.60. The Morgan fingerprint density at radius 2 is 1.14 bits per heavy atom. The van der Waals surface area contributed by atoms with Crippen LogP contribution in [0.5, 0.6) is 17.2 Å². The van der Waals surface area contributed by atoms with E-state index in [4.69, 9.17) is 14.2 Å². The monoisotopic (exact) mass is 388 g/mol. The van der Waals surface area contributed by atoms with Gasteiger partial charge in [-0.1, -0.05) is 18.2 Å². The van der Waals surface area contributed by atoms with Crippen LogP contribution in [0.2, 0.25) is 0 Å². The SMILES string of the molecule is COc1ccc(C(=O)/C=C/c2ccc(OC(=O)c3ccc(OC)cc3)cc2)cc1. The molecule has 5 nitrogen and oxygen atoms in total. The first-order valence-corrected chi connectivity index (χ1v) is 8.92. The smallest absolute Gasteiger partial charge is 0.343 e. The Hall–Kier alpha value is -3.86. The second-order valence-corrected chi connectivity index (χ2v) is 6.11. The minimum atomic E-state index is -0.453. The van der Waals surface area contributed by atoms with Gasteiger partial charge in [-0.2, -0.15) is 0 Å². The summed E-state index contributed by atoms with van der Waals surface area (Å²) in [7, 11) is 3.14. The molecule has 0 saturated heterocycles. The molecule has 0 spiro atoms. The van der Waals surface area contributed by atoms with Crippen molar-refractivity contribution in [3.8, 4) is 17.2 Å². The molecule has 3 aromatic rings. The Kier molecular flexibility index (Phi) is 6.43. The van der Waals surface area contributed by atoms with Gasteiger partial charge in [0.2, 0.25) is 0 Å². The summed E-state index contributed by atoms with van der Waals surface area (Å²) in [5.41, 5.74) is 1.82. The molecule has 0 bridgehead atoms. The van der Waals surface area contributed by atoms with E-state index in [1.54, 1.807) is 93.1 Å². The van der Waals surface area contributed by atoms with Gasteiger partial charge in [0.05, 0.1) is 19.8 Å². The third-order valence-corrected chi connectivity index (χ3v) is 4.22. The van der Waals surface area contributed by atoms with Gasteiger partial charge in [0, 0.05) is 5.56 Å². The number of ether oxygens (including phenoxy) is 3. The van der Waals surface area contributed by atoms with Crippen molar-refractivity contribution in [3.63, 3.8) is 0 Å². The van der Waals surface area contributed by atoms with E-state index in [0.717, 1.165) is 5.56 Å². The van der Waals surface area contributed by atoms with Crippen LogP contribution in [0, 0.1) is 0 Å². The molecule has 146 valence electrons. The number of carbonyl (C=O) groups is 2. The first-order valence-electron chi connectivity index (χ1n) is 8.92. The molecule has 29 heavy (non-hydrogen) atoms. The van der Waals surface area contributed by atoms with Crippen molar-refractivity contribution in [1.29, 1.82) is 0 Å². The number of rotatable bonds is 7. The maximum atomic E-state index is 12.2. The molecule has 0 atom stereocenters. The second kappa shape index (κ2) is 9.37. The Morgan fingerprint density at radius 1 is 0.655 bits per heavy atom. The molecular weight excluding hydrogens is 368 g/mol. The van der Waals surface area contributed by atoms with Gasteiger partial charge in [-0.15, -0.1) is 0 Å². The highest BCUT2D eigenvalue weighted by Gasteiger charge is 2.08.